The van der Waals surface area contributed by atoms with E-state index in [9.17, 15) is 9.59 Å². The maximum Gasteiger partial charge on any atom is 0.224 e. The van der Waals surface area contributed by atoms with Gasteiger partial charge < -0.3 is 10.2 Å². The van der Waals surface area contributed by atoms with Crippen molar-refractivity contribution in [2.24, 2.45) is 0 Å². The smallest absolute Gasteiger partial charge is 0.224 e. The van der Waals surface area contributed by atoms with Gasteiger partial charge >= 0.3 is 0 Å². The van der Waals surface area contributed by atoms with Gasteiger partial charge in [-0.25, -0.2) is 0 Å². The fraction of sp³-hybridized carbons (Fsp3) is 0.263. The Morgan fingerprint density at radius 1 is 1.13 bits per heavy atom. The van der Waals surface area contributed by atoms with E-state index in [-0.39, 0.29) is 11.8 Å². The summed E-state index contributed by atoms with van der Waals surface area (Å²) >= 11 is 0. The van der Waals surface area contributed by atoms with Crippen LogP contribution >= 0.6 is 0 Å². The number of nitrogens with zero attached hydrogens (tertiary/aromatic N) is 1. The van der Waals surface area contributed by atoms with Crippen molar-refractivity contribution in [2.45, 2.75) is 26.2 Å². The van der Waals surface area contributed by atoms with E-state index in [0.29, 0.717) is 6.42 Å². The second kappa shape index (κ2) is 6.65. The maximum absolute atomic E-state index is 12.1. The number of carbonyl (C=O) groups excluding carboxylic acids is 2. The van der Waals surface area contributed by atoms with Crippen LogP contribution in [0.15, 0.2) is 48.5 Å². The Kier molecular flexibility index (Phi) is 4.42. The van der Waals surface area contributed by atoms with Crippen molar-refractivity contribution >= 4 is 23.2 Å². The van der Waals surface area contributed by atoms with E-state index in [1.807, 2.05) is 48.5 Å². The van der Waals surface area contributed by atoms with Gasteiger partial charge in [0.2, 0.25) is 11.8 Å². The molecule has 0 spiro atoms. The molecule has 3 rings (SSSR count). The molecule has 0 aromatic heterocycles. The molecule has 1 heterocycles. The molecule has 0 aliphatic carbocycles. The first-order valence-electron chi connectivity index (χ1n) is 7.88. The predicted molar refractivity (Wildman–Crippen MR) is 91.6 cm³/mol. The Labute approximate surface area is 136 Å². The number of nitrogens with one attached hydrogen (secondary N) is 1. The predicted octanol–water partition coefficient (Wildman–Crippen LogP) is 3.17. The van der Waals surface area contributed by atoms with Crippen LogP contribution in [0.4, 0.5) is 11.4 Å². The highest BCUT2D eigenvalue weighted by Gasteiger charge is 2.22. The summed E-state index contributed by atoms with van der Waals surface area (Å²) in [5.74, 6) is 0.0254. The molecule has 0 atom stereocenters. The molecule has 23 heavy (non-hydrogen) atoms. The monoisotopic (exact) mass is 308 g/mol. The van der Waals surface area contributed by atoms with Crippen LogP contribution in [-0.2, 0) is 22.4 Å². The molecular weight excluding hydrogens is 288 g/mol. The van der Waals surface area contributed by atoms with Gasteiger partial charge in [-0.2, -0.15) is 0 Å². The lowest BCUT2D eigenvalue weighted by Crippen LogP contribution is -2.25. The van der Waals surface area contributed by atoms with Crippen molar-refractivity contribution in [3.8, 4) is 0 Å². The zero-order valence-corrected chi connectivity index (χ0v) is 13.2. The topological polar surface area (TPSA) is 49.4 Å². The first kappa shape index (κ1) is 15.3. The van der Waals surface area contributed by atoms with E-state index in [1.165, 1.54) is 0 Å². The Hall–Kier alpha value is -2.62. The highest BCUT2D eigenvalue weighted by atomic mass is 16.2. The normalized spacial score (nSPS) is 12.8. The number of hydrogen-bond donors (Lipinski definition) is 1. The van der Waals surface area contributed by atoms with Gasteiger partial charge in [0.15, 0.2) is 0 Å². The Morgan fingerprint density at radius 2 is 1.91 bits per heavy atom. The van der Waals surface area contributed by atoms with E-state index in [0.717, 1.165) is 41.9 Å². The highest BCUT2D eigenvalue weighted by molar-refractivity contribution is 5.96. The first-order chi connectivity index (χ1) is 11.1. The molecule has 2 aromatic carbocycles. The van der Waals surface area contributed by atoms with Gasteiger partial charge in [-0.05, 0) is 36.1 Å². The van der Waals surface area contributed by atoms with E-state index in [4.69, 9.17) is 0 Å². The second-order valence-corrected chi connectivity index (χ2v) is 5.80. The summed E-state index contributed by atoms with van der Waals surface area (Å²) in [4.78, 5) is 25.5. The van der Waals surface area contributed by atoms with Gasteiger partial charge in [0.25, 0.3) is 0 Å². The van der Waals surface area contributed by atoms with Crippen LogP contribution in [-0.4, -0.2) is 18.4 Å². The summed E-state index contributed by atoms with van der Waals surface area (Å²) in [7, 11) is 0. The van der Waals surface area contributed by atoms with Crippen LogP contribution in [0.3, 0.4) is 0 Å². The molecule has 1 aliphatic rings. The molecule has 0 saturated heterocycles. The zero-order chi connectivity index (χ0) is 16.2. The third-order valence-corrected chi connectivity index (χ3v) is 4.13. The van der Waals surface area contributed by atoms with Gasteiger partial charge in [0, 0.05) is 31.3 Å². The van der Waals surface area contributed by atoms with Crippen LogP contribution in [0, 0.1) is 0 Å². The molecule has 0 fully saturated rings. The van der Waals surface area contributed by atoms with Crippen LogP contribution in [0.5, 0.6) is 0 Å². The van der Waals surface area contributed by atoms with Crippen LogP contribution < -0.4 is 10.2 Å². The van der Waals surface area contributed by atoms with Crippen molar-refractivity contribution in [3.05, 3.63) is 59.7 Å². The number of rotatable bonds is 4. The minimum absolute atomic E-state index is 0.0128. The summed E-state index contributed by atoms with van der Waals surface area (Å²) in [5.41, 5.74) is 3.97. The molecule has 1 N–H and O–H groups in total. The molecule has 4 heteroatoms. The lowest BCUT2D eigenvalue weighted by Gasteiger charge is -2.15. The summed E-state index contributed by atoms with van der Waals surface area (Å²) in [6, 6.07) is 15.8. The van der Waals surface area contributed by atoms with Gasteiger partial charge in [-0.1, -0.05) is 36.4 Å². The maximum atomic E-state index is 12.1. The molecule has 2 amide bonds. The highest BCUT2D eigenvalue weighted by Crippen LogP contribution is 2.30. The molecule has 0 saturated carbocycles. The van der Waals surface area contributed by atoms with E-state index < -0.39 is 0 Å². The average Bonchev–Trinajstić information content (AvgIpc) is 2.97. The Balaban J connectivity index is 1.63. The quantitative estimate of drug-likeness (QED) is 0.943. The molecule has 1 aliphatic heterocycles. The van der Waals surface area contributed by atoms with Gasteiger partial charge in [-0.15, -0.1) is 0 Å². The summed E-state index contributed by atoms with van der Waals surface area (Å²) in [6.07, 6.45) is 2.03. The van der Waals surface area contributed by atoms with E-state index >= 15 is 0 Å². The third-order valence-electron chi connectivity index (χ3n) is 4.13. The molecule has 0 unspecified atom stereocenters. The molecule has 4 nitrogen and oxygen atoms in total. The number of benzene rings is 2. The van der Waals surface area contributed by atoms with Crippen LogP contribution in [0.1, 0.15) is 24.5 Å². The third kappa shape index (κ3) is 3.59. The molecule has 0 bridgehead atoms. The Morgan fingerprint density at radius 3 is 2.65 bits per heavy atom. The number of anilines is 2. The lowest BCUT2D eigenvalue weighted by atomic mass is 10.1. The SMILES string of the molecule is CC(=O)N1CCc2ccc(NC(=O)CCc3ccccc3)cc21. The van der Waals surface area contributed by atoms with E-state index in [1.54, 1.807) is 11.8 Å². The van der Waals surface area contributed by atoms with Crippen molar-refractivity contribution in [1.82, 2.24) is 0 Å². The zero-order valence-electron chi connectivity index (χ0n) is 13.2. The molecule has 2 aromatic rings. The molecule has 118 valence electrons. The Bertz CT molecular complexity index is 725. The minimum atomic E-state index is -0.0128. The number of amides is 2. The number of hydrogen-bond acceptors (Lipinski definition) is 2. The van der Waals surface area contributed by atoms with Crippen molar-refractivity contribution in [2.75, 3.05) is 16.8 Å². The largest absolute Gasteiger partial charge is 0.326 e. The summed E-state index contributed by atoms with van der Waals surface area (Å²) < 4.78 is 0. The fourth-order valence-corrected chi connectivity index (χ4v) is 2.91. The van der Waals surface area contributed by atoms with E-state index in [2.05, 4.69) is 5.32 Å². The standard InChI is InChI=1S/C19H20N2O2/c1-14(22)21-12-11-16-8-9-17(13-18(16)21)20-19(23)10-7-15-5-3-2-4-6-15/h2-6,8-9,13H,7,10-12H2,1H3,(H,20,23). The number of fused-ring (bicyclic) bond motifs is 1. The number of carbonyl (C=O) groups is 2. The average molecular weight is 308 g/mol. The van der Waals surface area contributed by atoms with Crippen molar-refractivity contribution in [1.29, 1.82) is 0 Å². The van der Waals surface area contributed by atoms with Crippen molar-refractivity contribution < 1.29 is 9.59 Å². The van der Waals surface area contributed by atoms with Crippen LogP contribution in [0.25, 0.3) is 0 Å². The molecular formula is C19H20N2O2. The lowest BCUT2D eigenvalue weighted by molar-refractivity contribution is -0.117. The van der Waals surface area contributed by atoms with Gasteiger partial charge in [-0.3, -0.25) is 9.59 Å². The summed E-state index contributed by atoms with van der Waals surface area (Å²) in [5, 5.41) is 2.92. The number of aryl methyl sites for hydroxylation is 1. The first-order valence-corrected chi connectivity index (χ1v) is 7.88. The fourth-order valence-electron chi connectivity index (χ4n) is 2.91. The summed E-state index contributed by atoms with van der Waals surface area (Å²) in [6.45, 7) is 2.29. The minimum Gasteiger partial charge on any atom is -0.326 e. The van der Waals surface area contributed by atoms with Crippen molar-refractivity contribution in [3.63, 3.8) is 0 Å². The van der Waals surface area contributed by atoms with Crippen LogP contribution in [0.2, 0.25) is 0 Å². The molecule has 0 radical (unpaired) electrons. The van der Waals surface area contributed by atoms with Gasteiger partial charge in [0.05, 0.1) is 0 Å². The van der Waals surface area contributed by atoms with Gasteiger partial charge in [0.1, 0.15) is 0 Å². The second-order valence-electron chi connectivity index (χ2n) is 5.80.